The summed E-state index contributed by atoms with van der Waals surface area (Å²) in [6.07, 6.45) is -0.160. The Morgan fingerprint density at radius 3 is 2.23 bits per heavy atom. The van der Waals surface area contributed by atoms with Crippen molar-refractivity contribution < 1.29 is 27.8 Å². The molecule has 1 amide bonds. The maximum absolute atomic E-state index is 11.3. The van der Waals surface area contributed by atoms with Gasteiger partial charge < -0.3 is 0 Å². The summed E-state index contributed by atoms with van der Waals surface area (Å²) in [5.74, 6) is 0. The molecule has 73 valence electrons. The molecule has 1 heterocycles. The summed E-state index contributed by atoms with van der Waals surface area (Å²) in [5, 5.41) is 0. The Bertz CT molecular complexity index is 187. The van der Waals surface area contributed by atoms with Crippen molar-refractivity contribution in [1.29, 1.82) is 0 Å². The van der Waals surface area contributed by atoms with Gasteiger partial charge in [-0.05, 0) is 0 Å². The topological polar surface area (TPSA) is 29.5 Å². The van der Waals surface area contributed by atoms with Crippen molar-refractivity contribution in [3.05, 3.63) is 0 Å². The van der Waals surface area contributed by atoms with Gasteiger partial charge in [0.1, 0.15) is 0 Å². The van der Waals surface area contributed by atoms with Gasteiger partial charge in [0.2, 0.25) is 0 Å². The third-order valence-corrected chi connectivity index (χ3v) is 2.69. The van der Waals surface area contributed by atoms with Crippen molar-refractivity contribution in [2.24, 2.45) is 0 Å². The molecule has 0 aliphatic carbocycles. The Morgan fingerprint density at radius 1 is 1.46 bits per heavy atom. The summed E-state index contributed by atoms with van der Waals surface area (Å²) in [4.78, 5) is 13.1. The van der Waals surface area contributed by atoms with Gasteiger partial charge in [-0.1, -0.05) is 0 Å². The molecule has 0 aromatic heterocycles. The fourth-order valence-corrected chi connectivity index (χ4v) is 2.35. The van der Waals surface area contributed by atoms with Gasteiger partial charge in [0, 0.05) is 0 Å². The van der Waals surface area contributed by atoms with E-state index in [1.54, 1.807) is 4.90 Å². The predicted octanol–water partition coefficient (Wildman–Crippen LogP) is 2.19. The quantitative estimate of drug-likeness (QED) is 0.496. The molecule has 5 heteroatoms. The molecule has 0 bridgehead atoms. The zero-order valence-corrected chi connectivity index (χ0v) is 13.7. The number of hydrogen-bond acceptors (Lipinski definition) is 2. The van der Waals surface area contributed by atoms with E-state index in [0.29, 0.717) is 0 Å². The maximum Gasteiger partial charge on any atom is -0.107 e. The van der Waals surface area contributed by atoms with Gasteiger partial charge in [-0.3, -0.25) is 0 Å². The number of rotatable bonds is 0. The first-order chi connectivity index (χ1) is 5.38. The van der Waals surface area contributed by atoms with E-state index in [2.05, 4.69) is 0 Å². The fraction of sp³-hybridized carbons (Fsp3) is 0.875. The van der Waals surface area contributed by atoms with Crippen LogP contribution in [0, 0.1) is 0 Å². The van der Waals surface area contributed by atoms with Crippen LogP contribution in [0.1, 0.15) is 20.8 Å². The van der Waals surface area contributed by atoms with Gasteiger partial charge in [-0.15, -0.1) is 24.0 Å². The molecule has 1 fully saturated rings. The van der Waals surface area contributed by atoms with Gasteiger partial charge in [0.05, 0.1) is 0 Å². The van der Waals surface area contributed by atoms with E-state index in [0.717, 1.165) is 17.6 Å². The molecule has 0 saturated carbocycles. The summed E-state index contributed by atoms with van der Waals surface area (Å²) in [7, 11) is 0. The van der Waals surface area contributed by atoms with Crippen molar-refractivity contribution in [2.75, 3.05) is 13.1 Å². The molecule has 0 atom stereocenters. The summed E-state index contributed by atoms with van der Waals surface area (Å²) in [6, 6.07) is 0. The van der Waals surface area contributed by atoms with E-state index in [1.165, 1.54) is 18.3 Å². The van der Waals surface area contributed by atoms with E-state index >= 15 is 0 Å². The van der Waals surface area contributed by atoms with Crippen LogP contribution in [0.15, 0.2) is 0 Å². The van der Waals surface area contributed by atoms with Crippen molar-refractivity contribution in [1.82, 2.24) is 4.90 Å². The van der Waals surface area contributed by atoms with Gasteiger partial charge >= 0.3 is 82.8 Å². The van der Waals surface area contributed by atoms with Gasteiger partial charge in [0.25, 0.3) is 0 Å². The minimum absolute atomic E-state index is 0. The van der Waals surface area contributed by atoms with Crippen LogP contribution in [-0.4, -0.2) is 29.7 Å². The summed E-state index contributed by atoms with van der Waals surface area (Å²) in [6.45, 7) is 7.47. The minimum atomic E-state index is -0.355. The molecular formula is C8H15INO2Zn. The molecule has 13 heavy (non-hydrogen) atoms. The summed E-state index contributed by atoms with van der Waals surface area (Å²) < 4.78 is 5.95. The standard InChI is InChI=1S/C8H14NO2.HI.Zn/c1-8(2,3)11-7(10)9-5-4-6-9;;/h4H,5-6H2,1-3H3;1H;. The zero-order valence-electron chi connectivity index (χ0n) is 8.37. The van der Waals surface area contributed by atoms with Crippen LogP contribution in [0.5, 0.6) is 0 Å². The second kappa shape index (κ2) is 4.92. The van der Waals surface area contributed by atoms with Crippen LogP contribution in [0.2, 0.25) is 4.51 Å². The molecule has 1 saturated heterocycles. The van der Waals surface area contributed by atoms with E-state index in [9.17, 15) is 4.79 Å². The van der Waals surface area contributed by atoms with E-state index in [1.807, 2.05) is 20.8 Å². The molecule has 3 nitrogen and oxygen atoms in total. The first kappa shape index (κ1) is 13.6. The fourth-order valence-electron chi connectivity index (χ4n) is 1.05. The Kier molecular flexibility index (Phi) is 5.15. The van der Waals surface area contributed by atoms with E-state index < -0.39 is 0 Å². The molecule has 1 aliphatic heterocycles. The van der Waals surface area contributed by atoms with Crippen LogP contribution in [0.4, 0.5) is 4.79 Å². The molecule has 0 radical (unpaired) electrons. The average molecular weight is 350 g/mol. The Morgan fingerprint density at radius 2 is 1.92 bits per heavy atom. The predicted molar refractivity (Wildman–Crippen MR) is 57.0 cm³/mol. The number of carbonyl (C=O) groups excluding carboxylic acids is 1. The second-order valence-corrected chi connectivity index (χ2v) is 6.67. The van der Waals surface area contributed by atoms with Crippen molar-refractivity contribution >= 4 is 30.1 Å². The monoisotopic (exact) mass is 348 g/mol. The van der Waals surface area contributed by atoms with Crippen molar-refractivity contribution in [3.8, 4) is 0 Å². The smallest absolute Gasteiger partial charge is 0.107 e. The number of carbonyl (C=O) groups is 1. The number of amides is 1. The van der Waals surface area contributed by atoms with Gasteiger partial charge in [-0.25, -0.2) is 0 Å². The molecule has 0 aromatic carbocycles. The van der Waals surface area contributed by atoms with Gasteiger partial charge in [-0.2, -0.15) is 0 Å². The Hall–Kier alpha value is 0.623. The van der Waals surface area contributed by atoms with Crippen molar-refractivity contribution in [3.63, 3.8) is 0 Å². The summed E-state index contributed by atoms with van der Waals surface area (Å²) in [5.41, 5.74) is -0.355. The maximum atomic E-state index is 11.3. The minimum Gasteiger partial charge on any atom is -0.107 e. The normalized spacial score (nSPS) is 17.5. The molecular weight excluding hydrogens is 334 g/mol. The number of hydrogen-bond donors (Lipinski definition) is 0. The van der Waals surface area contributed by atoms with Crippen LogP contribution in [0.3, 0.4) is 0 Å². The molecule has 0 N–H and O–H groups in total. The number of likely N-dealkylation sites (tertiary alicyclic amines) is 1. The largest absolute Gasteiger partial charge is 0.107 e. The van der Waals surface area contributed by atoms with Gasteiger partial charge in [0.15, 0.2) is 0 Å². The van der Waals surface area contributed by atoms with Crippen molar-refractivity contribution in [2.45, 2.75) is 30.9 Å². The van der Waals surface area contributed by atoms with Crippen LogP contribution >= 0.6 is 24.0 Å². The van der Waals surface area contributed by atoms with Crippen LogP contribution in [0.25, 0.3) is 0 Å². The molecule has 1 aliphatic rings. The first-order valence-electron chi connectivity index (χ1n) is 4.19. The number of nitrogens with zero attached hydrogens (tertiary/aromatic N) is 1. The third kappa shape index (κ3) is 4.59. The third-order valence-electron chi connectivity index (χ3n) is 1.61. The van der Waals surface area contributed by atoms with Crippen LogP contribution < -0.4 is 0 Å². The summed E-state index contributed by atoms with van der Waals surface area (Å²) >= 11 is 1.28. The molecule has 0 unspecified atom stereocenters. The SMILES string of the molecule is CC(C)(C)OC(=O)N1C[CH]([Zn])C1.I. The average Bonchev–Trinajstić information content (AvgIpc) is 1.76. The second-order valence-electron chi connectivity index (χ2n) is 4.25. The Labute approximate surface area is 106 Å². The van der Waals surface area contributed by atoms with Crippen LogP contribution in [-0.2, 0) is 23.0 Å². The first-order valence-corrected chi connectivity index (χ1v) is 5.91. The zero-order chi connectivity index (χ0) is 9.35. The Balaban J connectivity index is 0.00000144. The number of halogens is 1. The molecule has 0 spiro atoms. The molecule has 0 aromatic rings. The number of ether oxygens (including phenoxy) is 1. The molecule has 1 rings (SSSR count). The van der Waals surface area contributed by atoms with E-state index in [-0.39, 0.29) is 35.7 Å². The van der Waals surface area contributed by atoms with E-state index in [4.69, 9.17) is 4.74 Å².